The summed E-state index contributed by atoms with van der Waals surface area (Å²) in [4.78, 5) is 19.3. The molecule has 3 rings (SSSR count). The molecular weight excluding hydrogens is 430 g/mol. The van der Waals surface area contributed by atoms with Gasteiger partial charge in [-0.25, -0.2) is 27.2 Å². The number of halogens is 1. The van der Waals surface area contributed by atoms with Crippen LogP contribution in [0.1, 0.15) is 16.1 Å². The number of carbonyl (C=O) groups is 1. The van der Waals surface area contributed by atoms with Crippen molar-refractivity contribution >= 4 is 35.5 Å². The standard InChI is InChI=1S/C16H12ClN3O6S2/c17-13-7-18-15(19-8-13)12-6-14(16(21)22)20(9-12)28(25,26)27(23,24)10-11-4-2-1-3-5-11/h1-9H,10H2,(H,21,22). The molecule has 0 atom stereocenters. The molecule has 0 unspecified atom stereocenters. The summed E-state index contributed by atoms with van der Waals surface area (Å²) in [6.45, 7) is 0. The summed E-state index contributed by atoms with van der Waals surface area (Å²) < 4.78 is 50.7. The quantitative estimate of drug-likeness (QED) is 0.573. The Morgan fingerprint density at radius 2 is 1.68 bits per heavy atom. The zero-order valence-electron chi connectivity index (χ0n) is 13.9. The van der Waals surface area contributed by atoms with Gasteiger partial charge in [-0.3, -0.25) is 0 Å². The van der Waals surface area contributed by atoms with Crippen LogP contribution < -0.4 is 0 Å². The van der Waals surface area contributed by atoms with Gasteiger partial charge in [0, 0.05) is 24.2 Å². The molecule has 0 amide bonds. The molecule has 2 heterocycles. The van der Waals surface area contributed by atoms with Crippen molar-refractivity contribution in [2.75, 3.05) is 0 Å². The number of aromatic carboxylic acids is 1. The van der Waals surface area contributed by atoms with E-state index in [1.54, 1.807) is 18.2 Å². The van der Waals surface area contributed by atoms with Crippen LogP contribution in [0.25, 0.3) is 11.4 Å². The predicted molar refractivity (Wildman–Crippen MR) is 101 cm³/mol. The first-order valence-electron chi connectivity index (χ1n) is 7.57. The van der Waals surface area contributed by atoms with Crippen LogP contribution in [0.2, 0.25) is 5.02 Å². The highest BCUT2D eigenvalue weighted by Gasteiger charge is 2.35. The molecule has 0 aliphatic rings. The van der Waals surface area contributed by atoms with Crippen LogP contribution in [0.4, 0.5) is 0 Å². The average molecular weight is 442 g/mol. The summed E-state index contributed by atoms with van der Waals surface area (Å²) in [5, 5.41) is 9.57. The summed E-state index contributed by atoms with van der Waals surface area (Å²) in [5.74, 6) is -2.44. The minimum absolute atomic E-state index is 0.00699. The highest BCUT2D eigenvalue weighted by Crippen LogP contribution is 2.24. The van der Waals surface area contributed by atoms with Crippen molar-refractivity contribution in [3.05, 3.63) is 71.3 Å². The Balaban J connectivity index is 2.10. The predicted octanol–water partition coefficient (Wildman–Crippen LogP) is 2.00. The average Bonchev–Trinajstić information content (AvgIpc) is 3.09. The van der Waals surface area contributed by atoms with Crippen LogP contribution >= 0.6 is 11.6 Å². The Labute approximate surface area is 164 Å². The normalized spacial score (nSPS) is 12.0. The third-order valence-corrected chi connectivity index (χ3v) is 8.70. The monoisotopic (exact) mass is 441 g/mol. The molecule has 0 aliphatic carbocycles. The summed E-state index contributed by atoms with van der Waals surface area (Å²) in [6.07, 6.45) is 3.33. The van der Waals surface area contributed by atoms with Gasteiger partial charge in [-0.2, -0.15) is 8.42 Å². The molecule has 12 heteroatoms. The highest BCUT2D eigenvalue weighted by molar-refractivity contribution is 8.66. The second-order valence-electron chi connectivity index (χ2n) is 5.59. The number of nitrogens with zero attached hydrogens (tertiary/aromatic N) is 3. The minimum atomic E-state index is -5.08. The summed E-state index contributed by atoms with van der Waals surface area (Å²) in [7, 11) is -9.87. The van der Waals surface area contributed by atoms with Gasteiger partial charge in [-0.15, -0.1) is 0 Å². The fourth-order valence-electron chi connectivity index (χ4n) is 2.34. The number of hydrogen-bond donors (Lipinski definition) is 1. The van der Waals surface area contributed by atoms with Crippen LogP contribution in [0.3, 0.4) is 0 Å². The molecule has 0 fully saturated rings. The van der Waals surface area contributed by atoms with Crippen molar-refractivity contribution in [2.24, 2.45) is 0 Å². The van der Waals surface area contributed by atoms with E-state index in [9.17, 15) is 26.7 Å². The lowest BCUT2D eigenvalue weighted by Crippen LogP contribution is -2.26. The van der Waals surface area contributed by atoms with Crippen molar-refractivity contribution < 1.29 is 26.7 Å². The summed E-state index contributed by atoms with van der Waals surface area (Å²) in [5.41, 5.74) is -0.505. The molecule has 0 aliphatic heterocycles. The van der Waals surface area contributed by atoms with Crippen molar-refractivity contribution in [3.63, 3.8) is 0 Å². The molecule has 0 radical (unpaired) electrons. The third-order valence-electron chi connectivity index (χ3n) is 3.63. The third kappa shape index (κ3) is 3.77. The number of benzene rings is 1. The Morgan fingerprint density at radius 3 is 2.25 bits per heavy atom. The molecule has 0 spiro atoms. The van der Waals surface area contributed by atoms with E-state index in [2.05, 4.69) is 9.97 Å². The Kier molecular flexibility index (Phi) is 5.24. The molecule has 9 nitrogen and oxygen atoms in total. The highest BCUT2D eigenvalue weighted by atomic mass is 35.5. The van der Waals surface area contributed by atoms with Crippen LogP contribution in [0.15, 0.2) is 55.0 Å². The SMILES string of the molecule is O=C(O)c1cc(-c2ncc(Cl)cn2)cn1S(=O)(=O)S(=O)(=O)Cc1ccccc1. The van der Waals surface area contributed by atoms with Crippen LogP contribution in [-0.2, 0) is 23.7 Å². The summed E-state index contributed by atoms with van der Waals surface area (Å²) in [6, 6.07) is 8.65. The fraction of sp³-hybridized carbons (Fsp3) is 0.0625. The van der Waals surface area contributed by atoms with Gasteiger partial charge in [0.15, 0.2) is 5.82 Å². The zero-order chi connectivity index (χ0) is 20.5. The molecule has 3 aromatic rings. The first kappa shape index (κ1) is 20.0. The topological polar surface area (TPSA) is 136 Å². The van der Waals surface area contributed by atoms with Crippen molar-refractivity contribution in [1.29, 1.82) is 0 Å². The molecule has 1 aromatic carbocycles. The first-order chi connectivity index (χ1) is 13.1. The minimum Gasteiger partial charge on any atom is -0.477 e. The van der Waals surface area contributed by atoms with E-state index in [-0.39, 0.29) is 25.9 Å². The second-order valence-corrected chi connectivity index (χ2v) is 11.5. The van der Waals surface area contributed by atoms with Crippen molar-refractivity contribution in [3.8, 4) is 11.4 Å². The Hall–Kier alpha value is -2.76. The van der Waals surface area contributed by atoms with Gasteiger partial charge in [0.2, 0.25) is 0 Å². The van der Waals surface area contributed by atoms with Gasteiger partial charge in [0.05, 0.1) is 10.8 Å². The van der Waals surface area contributed by atoms with Crippen LogP contribution in [-0.4, -0.2) is 41.9 Å². The number of carboxylic acid groups (broad SMARTS) is 1. The van der Waals surface area contributed by atoms with Crippen LogP contribution in [0.5, 0.6) is 0 Å². The lowest BCUT2D eigenvalue weighted by Gasteiger charge is -2.09. The van der Waals surface area contributed by atoms with E-state index in [4.69, 9.17) is 11.6 Å². The number of hydrogen-bond acceptors (Lipinski definition) is 7. The largest absolute Gasteiger partial charge is 0.477 e. The molecule has 2 aromatic heterocycles. The molecule has 0 bridgehead atoms. The second kappa shape index (κ2) is 7.34. The van der Waals surface area contributed by atoms with Crippen molar-refractivity contribution in [2.45, 2.75) is 5.75 Å². The van der Waals surface area contributed by atoms with Crippen LogP contribution in [0, 0.1) is 0 Å². The van der Waals surface area contributed by atoms with Gasteiger partial charge in [0.1, 0.15) is 5.69 Å². The Bertz CT molecular complexity index is 1240. The van der Waals surface area contributed by atoms with Gasteiger partial charge < -0.3 is 5.11 Å². The maximum absolute atomic E-state index is 12.7. The maximum Gasteiger partial charge on any atom is 0.353 e. The molecule has 1 N–H and O–H groups in total. The number of carboxylic acids is 1. The van der Waals surface area contributed by atoms with E-state index < -0.39 is 35.3 Å². The van der Waals surface area contributed by atoms with Gasteiger partial charge in [0.25, 0.3) is 8.87 Å². The molecule has 0 saturated heterocycles. The zero-order valence-corrected chi connectivity index (χ0v) is 16.3. The fourth-order valence-corrected chi connectivity index (χ4v) is 6.01. The molecule has 28 heavy (non-hydrogen) atoms. The smallest absolute Gasteiger partial charge is 0.353 e. The molecular formula is C16H12ClN3O6S2. The van der Waals surface area contributed by atoms with E-state index in [0.29, 0.717) is 0 Å². The van der Waals surface area contributed by atoms with E-state index >= 15 is 0 Å². The summed E-state index contributed by atoms with van der Waals surface area (Å²) >= 11 is 5.70. The molecule has 146 valence electrons. The molecule has 0 saturated carbocycles. The maximum atomic E-state index is 12.7. The number of rotatable bonds is 6. The van der Waals surface area contributed by atoms with Gasteiger partial charge in [-0.1, -0.05) is 41.9 Å². The lowest BCUT2D eigenvalue weighted by molar-refractivity contribution is 0.0689. The Morgan fingerprint density at radius 1 is 1.07 bits per heavy atom. The van der Waals surface area contributed by atoms with E-state index in [1.165, 1.54) is 24.5 Å². The van der Waals surface area contributed by atoms with Gasteiger partial charge >= 0.3 is 15.0 Å². The van der Waals surface area contributed by atoms with E-state index in [0.717, 1.165) is 12.3 Å². The van der Waals surface area contributed by atoms with E-state index in [1.807, 2.05) is 0 Å². The number of aromatic nitrogens is 3. The van der Waals surface area contributed by atoms with Gasteiger partial charge in [-0.05, 0) is 11.6 Å². The lowest BCUT2D eigenvalue weighted by atomic mass is 10.2. The van der Waals surface area contributed by atoms with Crippen molar-refractivity contribution in [1.82, 2.24) is 13.9 Å². The first-order valence-corrected chi connectivity index (χ1v) is 11.6.